The van der Waals surface area contributed by atoms with Gasteiger partial charge in [0.2, 0.25) is 0 Å². The molecule has 3 nitrogen and oxygen atoms in total. The molecule has 1 aliphatic carbocycles. The quantitative estimate of drug-likeness (QED) is 0.513. The van der Waals surface area contributed by atoms with Gasteiger partial charge in [0.25, 0.3) is 5.70 Å². The van der Waals surface area contributed by atoms with Gasteiger partial charge in [-0.2, -0.15) is 0 Å². The molecule has 0 radical (unpaired) electrons. The van der Waals surface area contributed by atoms with Crippen molar-refractivity contribution in [3.8, 4) is 0 Å². The van der Waals surface area contributed by atoms with Crippen LogP contribution in [0.3, 0.4) is 0 Å². The first-order valence-electron chi connectivity index (χ1n) is 3.51. The van der Waals surface area contributed by atoms with Gasteiger partial charge in [0.1, 0.15) is 0 Å². The van der Waals surface area contributed by atoms with Crippen LogP contribution in [-0.2, 0) is 0 Å². The Labute approximate surface area is 78.7 Å². The Morgan fingerprint density at radius 2 is 2.17 bits per heavy atom. The average Bonchev–Trinajstić information content (AvgIpc) is 2.11. The lowest BCUT2D eigenvalue weighted by Gasteiger charge is -1.95. The maximum Gasteiger partial charge on any atom is 0.266 e. The summed E-state index contributed by atoms with van der Waals surface area (Å²) >= 11 is 3.27. The van der Waals surface area contributed by atoms with Gasteiger partial charge in [-0.05, 0) is 6.08 Å². The number of rotatable bonds is 1. The van der Waals surface area contributed by atoms with Crippen LogP contribution in [0.4, 0.5) is 0 Å². The molecule has 0 unspecified atom stereocenters. The molecular formula is C8H8BrNO2. The summed E-state index contributed by atoms with van der Waals surface area (Å²) in [5, 5.41) is 10.4. The molecule has 0 aliphatic heterocycles. The van der Waals surface area contributed by atoms with Crippen LogP contribution in [-0.4, -0.2) is 4.92 Å². The van der Waals surface area contributed by atoms with E-state index in [-0.39, 0.29) is 16.5 Å². The van der Waals surface area contributed by atoms with Crippen molar-refractivity contribution in [2.45, 2.75) is 6.92 Å². The SMILES string of the molecule is C[C@@H]1C=C(Br)C=CC([N+](=O)[O-])=C1. The number of halogens is 1. The third kappa shape index (κ3) is 2.30. The molecule has 1 aliphatic rings. The first kappa shape index (κ1) is 9.19. The largest absolute Gasteiger partial charge is 0.266 e. The summed E-state index contributed by atoms with van der Waals surface area (Å²) in [5.74, 6) is 0.0924. The number of allylic oxidation sites excluding steroid dienone is 5. The summed E-state index contributed by atoms with van der Waals surface area (Å²) in [5.41, 5.74) is 0.146. The number of nitrogens with zero attached hydrogens (tertiary/aromatic N) is 1. The van der Waals surface area contributed by atoms with E-state index in [1.165, 1.54) is 6.08 Å². The fraction of sp³-hybridized carbons (Fsp3) is 0.250. The third-order valence-corrected chi connectivity index (χ3v) is 2.01. The van der Waals surface area contributed by atoms with Crippen LogP contribution >= 0.6 is 15.9 Å². The van der Waals surface area contributed by atoms with Crippen molar-refractivity contribution in [1.29, 1.82) is 0 Å². The zero-order chi connectivity index (χ0) is 9.14. The highest BCUT2D eigenvalue weighted by molar-refractivity contribution is 9.11. The summed E-state index contributed by atoms with van der Waals surface area (Å²) in [4.78, 5) is 10.0. The molecule has 4 heteroatoms. The van der Waals surface area contributed by atoms with E-state index in [0.717, 1.165) is 4.48 Å². The fourth-order valence-corrected chi connectivity index (χ4v) is 1.52. The lowest BCUT2D eigenvalue weighted by molar-refractivity contribution is -0.419. The second kappa shape index (κ2) is 3.67. The predicted octanol–water partition coefficient (Wildman–Crippen LogP) is 2.63. The van der Waals surface area contributed by atoms with E-state index in [2.05, 4.69) is 15.9 Å². The van der Waals surface area contributed by atoms with Gasteiger partial charge in [0.15, 0.2) is 0 Å². The van der Waals surface area contributed by atoms with E-state index in [0.29, 0.717) is 0 Å². The first-order chi connectivity index (χ1) is 5.59. The highest BCUT2D eigenvalue weighted by Gasteiger charge is 2.10. The molecule has 0 fully saturated rings. The maximum atomic E-state index is 10.4. The Hall–Kier alpha value is -0.900. The molecule has 0 bridgehead atoms. The smallest absolute Gasteiger partial charge is 0.258 e. The Bertz CT molecular complexity index is 291. The van der Waals surface area contributed by atoms with Gasteiger partial charge >= 0.3 is 0 Å². The number of nitro groups is 1. The van der Waals surface area contributed by atoms with E-state index in [9.17, 15) is 10.1 Å². The summed E-state index contributed by atoms with van der Waals surface area (Å²) < 4.78 is 0.878. The number of hydrogen-bond acceptors (Lipinski definition) is 2. The lowest BCUT2D eigenvalue weighted by atomic mass is 10.1. The minimum absolute atomic E-state index is 0.0924. The molecule has 1 rings (SSSR count). The summed E-state index contributed by atoms with van der Waals surface area (Å²) in [6, 6.07) is 0. The minimum atomic E-state index is -0.383. The molecule has 0 saturated heterocycles. The van der Waals surface area contributed by atoms with E-state index in [1.54, 1.807) is 12.2 Å². The van der Waals surface area contributed by atoms with Crippen molar-refractivity contribution in [1.82, 2.24) is 0 Å². The van der Waals surface area contributed by atoms with Crippen molar-refractivity contribution in [2.75, 3.05) is 0 Å². The van der Waals surface area contributed by atoms with Gasteiger partial charge in [0, 0.05) is 22.6 Å². The van der Waals surface area contributed by atoms with Crippen molar-refractivity contribution in [3.63, 3.8) is 0 Å². The molecule has 0 heterocycles. The molecule has 0 N–H and O–H groups in total. The van der Waals surface area contributed by atoms with Crippen LogP contribution in [0.25, 0.3) is 0 Å². The monoisotopic (exact) mass is 229 g/mol. The van der Waals surface area contributed by atoms with Crippen molar-refractivity contribution < 1.29 is 4.92 Å². The van der Waals surface area contributed by atoms with E-state index >= 15 is 0 Å². The molecule has 0 aromatic carbocycles. The van der Waals surface area contributed by atoms with Crippen molar-refractivity contribution in [2.24, 2.45) is 5.92 Å². The Morgan fingerprint density at radius 1 is 1.50 bits per heavy atom. The predicted molar refractivity (Wildman–Crippen MR) is 50.4 cm³/mol. The fourth-order valence-electron chi connectivity index (χ4n) is 0.966. The van der Waals surface area contributed by atoms with Crippen LogP contribution < -0.4 is 0 Å². The van der Waals surface area contributed by atoms with Crippen molar-refractivity contribution >= 4 is 15.9 Å². The molecule has 0 aromatic heterocycles. The second-order valence-electron chi connectivity index (χ2n) is 2.59. The van der Waals surface area contributed by atoms with E-state index < -0.39 is 0 Å². The Kier molecular flexibility index (Phi) is 2.81. The first-order valence-corrected chi connectivity index (χ1v) is 4.30. The summed E-state index contributed by atoms with van der Waals surface area (Å²) in [7, 11) is 0. The lowest BCUT2D eigenvalue weighted by Crippen LogP contribution is -1.96. The average molecular weight is 230 g/mol. The van der Waals surface area contributed by atoms with Gasteiger partial charge in [-0.25, -0.2) is 0 Å². The van der Waals surface area contributed by atoms with Gasteiger partial charge in [-0.15, -0.1) is 0 Å². The van der Waals surface area contributed by atoms with Crippen molar-refractivity contribution in [3.05, 3.63) is 44.6 Å². The van der Waals surface area contributed by atoms with Gasteiger partial charge in [-0.1, -0.05) is 28.9 Å². The molecule has 12 heavy (non-hydrogen) atoms. The molecule has 0 spiro atoms. The van der Waals surface area contributed by atoms with Crippen LogP contribution in [0.1, 0.15) is 6.92 Å². The highest BCUT2D eigenvalue weighted by atomic mass is 79.9. The molecule has 1 atom stereocenters. The Morgan fingerprint density at radius 3 is 2.75 bits per heavy atom. The second-order valence-corrected chi connectivity index (χ2v) is 3.51. The summed E-state index contributed by atoms with van der Waals surface area (Å²) in [6.07, 6.45) is 6.69. The van der Waals surface area contributed by atoms with Crippen LogP contribution in [0.2, 0.25) is 0 Å². The van der Waals surface area contributed by atoms with Crippen LogP contribution in [0, 0.1) is 16.0 Å². The Balaban J connectivity index is 2.95. The normalized spacial score (nSPS) is 22.7. The van der Waals surface area contributed by atoms with Crippen LogP contribution in [0.5, 0.6) is 0 Å². The van der Waals surface area contributed by atoms with Crippen LogP contribution in [0.15, 0.2) is 34.5 Å². The summed E-state index contributed by atoms with van der Waals surface area (Å²) in [6.45, 7) is 1.90. The molecule has 0 aromatic rings. The van der Waals surface area contributed by atoms with E-state index in [1.807, 2.05) is 13.0 Å². The zero-order valence-electron chi connectivity index (χ0n) is 6.53. The zero-order valence-corrected chi connectivity index (χ0v) is 8.11. The van der Waals surface area contributed by atoms with Gasteiger partial charge in [-0.3, -0.25) is 10.1 Å². The molecule has 64 valence electrons. The molecule has 0 saturated carbocycles. The molecular weight excluding hydrogens is 222 g/mol. The standard InChI is InChI=1S/C8H8BrNO2/c1-6-4-7(9)2-3-8(5-6)10(11)12/h2-6H,1H3/t6-/m1/s1. The number of hydrogen-bond donors (Lipinski definition) is 0. The molecule has 0 amide bonds. The maximum absolute atomic E-state index is 10.4. The van der Waals surface area contributed by atoms with Gasteiger partial charge in [0.05, 0.1) is 4.92 Å². The topological polar surface area (TPSA) is 43.1 Å². The van der Waals surface area contributed by atoms with Gasteiger partial charge < -0.3 is 0 Å². The minimum Gasteiger partial charge on any atom is -0.258 e. The highest BCUT2D eigenvalue weighted by Crippen LogP contribution is 2.18. The third-order valence-electron chi connectivity index (χ3n) is 1.48. The van der Waals surface area contributed by atoms with E-state index in [4.69, 9.17) is 0 Å².